The molecule has 2 atom stereocenters. The molecule has 0 saturated carbocycles. The Morgan fingerprint density at radius 2 is 1.93 bits per heavy atom. The molecule has 6 heteroatoms. The number of benzene rings is 2. The first-order valence-corrected chi connectivity index (χ1v) is 10.5. The number of amides is 1. The lowest BCUT2D eigenvalue weighted by Crippen LogP contribution is -3.14. The summed E-state index contributed by atoms with van der Waals surface area (Å²) in [5.74, 6) is -0.106. The summed E-state index contributed by atoms with van der Waals surface area (Å²) in [5.41, 5.74) is 2.17. The van der Waals surface area contributed by atoms with Crippen molar-refractivity contribution in [3.63, 3.8) is 0 Å². The van der Waals surface area contributed by atoms with Gasteiger partial charge in [-0.25, -0.2) is 4.98 Å². The van der Waals surface area contributed by atoms with Gasteiger partial charge in [0.15, 0.2) is 17.3 Å². The van der Waals surface area contributed by atoms with E-state index in [4.69, 9.17) is 4.98 Å². The Morgan fingerprint density at radius 1 is 1.14 bits per heavy atom. The maximum atomic E-state index is 12.7. The van der Waals surface area contributed by atoms with E-state index in [1.165, 1.54) is 22.9 Å². The van der Waals surface area contributed by atoms with Gasteiger partial charge in [-0.15, -0.1) is 11.3 Å². The van der Waals surface area contributed by atoms with Crippen LogP contribution in [0, 0.1) is 0 Å². The van der Waals surface area contributed by atoms with Crippen molar-refractivity contribution in [2.24, 2.45) is 0 Å². The lowest BCUT2D eigenvalue weighted by molar-refractivity contribution is -0.929. The van der Waals surface area contributed by atoms with Crippen molar-refractivity contribution in [1.29, 1.82) is 0 Å². The predicted octanol–water partition coefficient (Wildman–Crippen LogP) is 3.25. The zero-order valence-electron chi connectivity index (χ0n) is 15.9. The molecule has 28 heavy (non-hydrogen) atoms. The number of carbonyl (C=O) groups excluding carboxylic acids is 2. The van der Waals surface area contributed by atoms with E-state index in [0.29, 0.717) is 17.8 Å². The van der Waals surface area contributed by atoms with Crippen molar-refractivity contribution in [2.75, 3.05) is 18.4 Å². The number of Topliss-reactive ketones (excluding diaryl/α,β-unsaturated/α-hetero) is 1. The van der Waals surface area contributed by atoms with Crippen LogP contribution in [0.25, 0.3) is 10.2 Å². The first kappa shape index (κ1) is 18.8. The molecule has 0 spiro atoms. The van der Waals surface area contributed by atoms with Gasteiger partial charge >= 0.3 is 0 Å². The Kier molecular flexibility index (Phi) is 5.50. The highest BCUT2D eigenvalue weighted by molar-refractivity contribution is 7.18. The molecule has 1 aromatic heterocycles. The fraction of sp³-hybridized carbons (Fsp3) is 0.318. The highest BCUT2D eigenvalue weighted by Gasteiger charge is 2.32. The zero-order chi connectivity index (χ0) is 19.5. The number of piperidine rings is 1. The minimum Gasteiger partial charge on any atom is -0.320 e. The van der Waals surface area contributed by atoms with Gasteiger partial charge in [-0.2, -0.15) is 0 Å². The zero-order valence-corrected chi connectivity index (χ0v) is 16.7. The molecular formula is C22H24N3O2S+. The van der Waals surface area contributed by atoms with Crippen molar-refractivity contribution in [2.45, 2.75) is 32.2 Å². The Labute approximate surface area is 168 Å². The second kappa shape index (κ2) is 8.20. The summed E-state index contributed by atoms with van der Waals surface area (Å²) in [5, 5.41) is 4.06. The molecule has 3 aromatic rings. The summed E-state index contributed by atoms with van der Waals surface area (Å²) in [7, 11) is 0. The quantitative estimate of drug-likeness (QED) is 0.653. The van der Waals surface area contributed by atoms with Crippen molar-refractivity contribution < 1.29 is 14.5 Å². The number of quaternary nitrogens is 1. The van der Waals surface area contributed by atoms with Crippen LogP contribution < -0.4 is 10.2 Å². The minimum atomic E-state index is -0.0586. The smallest absolute Gasteiger partial charge is 0.279 e. The summed E-state index contributed by atoms with van der Waals surface area (Å²) in [6.45, 7) is 2.86. The third-order valence-electron chi connectivity index (χ3n) is 5.31. The fourth-order valence-corrected chi connectivity index (χ4v) is 5.09. The average Bonchev–Trinajstić information content (AvgIpc) is 3.12. The molecule has 1 fully saturated rings. The predicted molar refractivity (Wildman–Crippen MR) is 112 cm³/mol. The van der Waals surface area contributed by atoms with Gasteiger partial charge < -0.3 is 10.2 Å². The van der Waals surface area contributed by atoms with Gasteiger partial charge in [-0.3, -0.25) is 9.59 Å². The number of likely N-dealkylation sites (tertiary alicyclic amines) is 1. The number of aromatic nitrogens is 1. The normalized spacial score (nSPS) is 19.5. The monoisotopic (exact) mass is 394 g/mol. The number of carbonyl (C=O) groups is 2. The topological polar surface area (TPSA) is 63.5 Å². The van der Waals surface area contributed by atoms with Crippen LogP contribution in [0.4, 0.5) is 5.69 Å². The summed E-state index contributed by atoms with van der Waals surface area (Å²) < 4.78 is 1.20. The second-order valence-electron chi connectivity index (χ2n) is 7.30. The lowest BCUT2D eigenvalue weighted by atomic mass is 10.0. The molecule has 1 unspecified atom stereocenters. The second-order valence-corrected chi connectivity index (χ2v) is 8.37. The maximum Gasteiger partial charge on any atom is 0.279 e. The number of ketones is 1. The molecule has 2 heterocycles. The van der Waals surface area contributed by atoms with Crippen molar-refractivity contribution in [1.82, 2.24) is 4.98 Å². The summed E-state index contributed by atoms with van der Waals surface area (Å²) in [4.78, 5) is 30.6. The van der Waals surface area contributed by atoms with Crippen molar-refractivity contribution in [3.05, 3.63) is 59.1 Å². The first-order chi connectivity index (χ1) is 13.6. The lowest BCUT2D eigenvalue weighted by Gasteiger charge is -2.30. The maximum absolute atomic E-state index is 12.7. The van der Waals surface area contributed by atoms with Crippen molar-refractivity contribution in [3.8, 4) is 0 Å². The number of anilines is 1. The van der Waals surface area contributed by atoms with Gasteiger partial charge in [-0.1, -0.05) is 24.3 Å². The molecule has 2 N–H and O–H groups in total. The van der Waals surface area contributed by atoms with E-state index in [0.717, 1.165) is 29.9 Å². The van der Waals surface area contributed by atoms with Gasteiger partial charge in [0.05, 0.1) is 22.4 Å². The Bertz CT molecular complexity index is 981. The molecule has 0 aliphatic carbocycles. The van der Waals surface area contributed by atoms with Gasteiger partial charge in [0.1, 0.15) is 6.04 Å². The van der Waals surface area contributed by atoms with Gasteiger partial charge in [0.2, 0.25) is 0 Å². The molecule has 0 radical (unpaired) electrons. The van der Waals surface area contributed by atoms with Crippen LogP contribution in [-0.4, -0.2) is 29.8 Å². The number of hydrogen-bond donors (Lipinski definition) is 2. The van der Waals surface area contributed by atoms with E-state index in [2.05, 4.69) is 11.4 Å². The van der Waals surface area contributed by atoms with Gasteiger partial charge in [0, 0.05) is 12.0 Å². The molecule has 1 aliphatic rings. The molecular weight excluding hydrogens is 370 g/mol. The average molecular weight is 395 g/mol. The Morgan fingerprint density at radius 3 is 2.75 bits per heavy atom. The number of nitrogens with one attached hydrogen (secondary N) is 2. The number of para-hydroxylation sites is 2. The van der Waals surface area contributed by atoms with Crippen LogP contribution in [0.15, 0.2) is 48.5 Å². The fourth-order valence-electron chi connectivity index (χ4n) is 3.93. The van der Waals surface area contributed by atoms with E-state index < -0.39 is 0 Å². The molecule has 1 saturated heterocycles. The van der Waals surface area contributed by atoms with Crippen LogP contribution in [0.1, 0.15) is 47.6 Å². The number of thiazole rings is 1. The van der Waals surface area contributed by atoms with Crippen molar-refractivity contribution >= 4 is 38.9 Å². The minimum absolute atomic E-state index is 0.0476. The molecule has 4 rings (SSSR count). The molecule has 1 aliphatic heterocycles. The summed E-state index contributed by atoms with van der Waals surface area (Å²) >= 11 is 1.74. The van der Waals surface area contributed by atoms with E-state index in [9.17, 15) is 9.59 Å². The van der Waals surface area contributed by atoms with Crippen LogP contribution >= 0.6 is 11.3 Å². The van der Waals surface area contributed by atoms with E-state index in [1.807, 2.05) is 30.3 Å². The van der Waals surface area contributed by atoms with Crippen LogP contribution in [0.2, 0.25) is 0 Å². The largest absolute Gasteiger partial charge is 0.320 e. The first-order valence-electron chi connectivity index (χ1n) is 9.71. The summed E-state index contributed by atoms with van der Waals surface area (Å²) in [6, 6.07) is 15.6. The molecule has 144 valence electrons. The number of nitrogens with zero attached hydrogens (tertiary/aromatic N) is 1. The third kappa shape index (κ3) is 3.98. The van der Waals surface area contributed by atoms with E-state index in [-0.39, 0.29) is 17.7 Å². The highest BCUT2D eigenvalue weighted by atomic mass is 32.1. The Balaban J connectivity index is 1.50. The highest BCUT2D eigenvalue weighted by Crippen LogP contribution is 2.28. The number of fused-ring (bicyclic) bond motifs is 1. The Hall–Kier alpha value is -2.57. The molecule has 5 nitrogen and oxygen atoms in total. The standard InChI is InChI=1S/C22H23N3O2S/c1-15(26)16-8-2-3-9-17(16)23-21(27)14-25-13-7-6-11-19(25)22-24-18-10-4-5-12-20(18)28-22/h2-5,8-10,12,19H,6-7,11,13-14H2,1H3,(H,23,27)/p+1/t19-/m1/s1. The third-order valence-corrected chi connectivity index (χ3v) is 6.46. The molecule has 1 amide bonds. The number of hydrogen-bond acceptors (Lipinski definition) is 4. The van der Waals surface area contributed by atoms with Gasteiger partial charge in [0.25, 0.3) is 5.91 Å². The van der Waals surface area contributed by atoms with E-state index in [1.54, 1.807) is 23.5 Å². The molecule has 2 aromatic carbocycles. The SMILES string of the molecule is CC(=O)c1ccccc1NC(=O)C[NH+]1CCCC[C@@H]1c1nc2ccccc2s1. The molecule has 0 bridgehead atoms. The van der Waals surface area contributed by atoms with Gasteiger partial charge in [-0.05, 0) is 44.0 Å². The summed E-state index contributed by atoms with van der Waals surface area (Å²) in [6.07, 6.45) is 3.33. The van der Waals surface area contributed by atoms with E-state index >= 15 is 0 Å². The van der Waals surface area contributed by atoms with Crippen LogP contribution in [-0.2, 0) is 4.79 Å². The van der Waals surface area contributed by atoms with Crippen LogP contribution in [0.3, 0.4) is 0 Å². The van der Waals surface area contributed by atoms with Crippen LogP contribution in [0.5, 0.6) is 0 Å². The number of rotatable bonds is 5.